The molecule has 3 nitrogen and oxygen atoms in total. The molecule has 0 aliphatic rings. The molecule has 0 bridgehead atoms. The van der Waals surface area contributed by atoms with Crippen LogP contribution in [0.1, 0.15) is 34.1 Å². The Morgan fingerprint density at radius 3 is 2.23 bits per heavy atom. The first kappa shape index (κ1) is 12.4. The van der Waals surface area contributed by atoms with E-state index < -0.39 is 5.97 Å². The van der Waals surface area contributed by atoms with Gasteiger partial charge in [-0.05, 0) is 19.4 Å². The van der Waals surface area contributed by atoms with Crippen LogP contribution in [0.15, 0.2) is 0 Å². The fourth-order valence-electron chi connectivity index (χ4n) is 1.47. The molecule has 13 heavy (non-hydrogen) atoms. The van der Waals surface area contributed by atoms with Gasteiger partial charge in [-0.25, -0.2) is 0 Å². The van der Waals surface area contributed by atoms with Crippen molar-refractivity contribution in [2.24, 2.45) is 5.92 Å². The van der Waals surface area contributed by atoms with Gasteiger partial charge in [0, 0.05) is 12.6 Å². The van der Waals surface area contributed by atoms with Crippen molar-refractivity contribution in [3.05, 3.63) is 0 Å². The van der Waals surface area contributed by atoms with E-state index in [1.54, 1.807) is 0 Å². The molecule has 0 aliphatic heterocycles. The normalized spacial score (nSPS) is 13.7. The molecule has 0 aromatic rings. The van der Waals surface area contributed by atoms with Crippen LogP contribution in [0.2, 0.25) is 0 Å². The van der Waals surface area contributed by atoms with E-state index >= 15 is 0 Å². The quantitative estimate of drug-likeness (QED) is 0.689. The maximum Gasteiger partial charge on any atom is 0.304 e. The predicted octanol–water partition coefficient (Wildman–Crippen LogP) is 1.83. The molecular weight excluding hydrogens is 166 g/mol. The Bertz CT molecular complexity index is 157. The Balaban J connectivity index is 3.98. The van der Waals surface area contributed by atoms with Gasteiger partial charge >= 0.3 is 5.97 Å². The van der Waals surface area contributed by atoms with Crippen LogP contribution in [0.25, 0.3) is 0 Å². The number of hydrogen-bond donors (Lipinski definition) is 1. The molecule has 1 unspecified atom stereocenters. The topological polar surface area (TPSA) is 40.5 Å². The number of nitrogens with zero attached hydrogens (tertiary/aromatic N) is 1. The summed E-state index contributed by atoms with van der Waals surface area (Å²) in [6.07, 6.45) is 0.237. The largest absolute Gasteiger partial charge is 0.481 e. The van der Waals surface area contributed by atoms with E-state index in [9.17, 15) is 4.79 Å². The summed E-state index contributed by atoms with van der Waals surface area (Å²) < 4.78 is 0. The van der Waals surface area contributed by atoms with Crippen molar-refractivity contribution >= 4 is 5.97 Å². The lowest BCUT2D eigenvalue weighted by Crippen LogP contribution is -2.37. The van der Waals surface area contributed by atoms with Crippen molar-refractivity contribution in [1.29, 1.82) is 0 Å². The molecule has 0 radical (unpaired) electrons. The van der Waals surface area contributed by atoms with Gasteiger partial charge in [0.15, 0.2) is 0 Å². The van der Waals surface area contributed by atoms with Crippen molar-refractivity contribution in [2.45, 2.75) is 40.2 Å². The molecule has 0 saturated carbocycles. The maximum absolute atomic E-state index is 10.5. The van der Waals surface area contributed by atoms with Crippen LogP contribution in [0, 0.1) is 5.92 Å². The van der Waals surface area contributed by atoms with Gasteiger partial charge < -0.3 is 10.0 Å². The summed E-state index contributed by atoms with van der Waals surface area (Å²) in [7, 11) is 0. The number of hydrogen-bond acceptors (Lipinski definition) is 2. The van der Waals surface area contributed by atoms with E-state index in [1.807, 2.05) is 6.92 Å². The first-order valence-electron chi connectivity index (χ1n) is 4.93. The SMILES string of the molecule is CCN(CC(C)C)C(C)CC(=O)O. The summed E-state index contributed by atoms with van der Waals surface area (Å²) in [5.41, 5.74) is 0. The summed E-state index contributed by atoms with van der Waals surface area (Å²) >= 11 is 0. The van der Waals surface area contributed by atoms with Gasteiger partial charge in [0.1, 0.15) is 0 Å². The van der Waals surface area contributed by atoms with Crippen molar-refractivity contribution in [1.82, 2.24) is 4.90 Å². The average molecular weight is 187 g/mol. The zero-order valence-corrected chi connectivity index (χ0v) is 9.08. The van der Waals surface area contributed by atoms with E-state index in [0.717, 1.165) is 13.1 Å². The van der Waals surface area contributed by atoms with Gasteiger partial charge in [-0.1, -0.05) is 20.8 Å². The highest BCUT2D eigenvalue weighted by molar-refractivity contribution is 5.67. The van der Waals surface area contributed by atoms with Gasteiger partial charge in [0.05, 0.1) is 6.42 Å². The summed E-state index contributed by atoms with van der Waals surface area (Å²) in [6, 6.07) is 0.143. The third kappa shape index (κ3) is 5.64. The molecule has 0 spiro atoms. The first-order valence-corrected chi connectivity index (χ1v) is 4.93. The van der Waals surface area contributed by atoms with Crippen LogP contribution in [-0.4, -0.2) is 35.1 Å². The van der Waals surface area contributed by atoms with E-state index in [0.29, 0.717) is 5.92 Å². The number of carboxylic acid groups (broad SMARTS) is 1. The molecule has 0 aliphatic carbocycles. The zero-order valence-electron chi connectivity index (χ0n) is 9.08. The maximum atomic E-state index is 10.5. The third-order valence-corrected chi connectivity index (χ3v) is 2.10. The monoisotopic (exact) mass is 187 g/mol. The van der Waals surface area contributed by atoms with Crippen molar-refractivity contribution in [3.8, 4) is 0 Å². The number of carbonyl (C=O) groups is 1. The smallest absolute Gasteiger partial charge is 0.304 e. The molecule has 0 aromatic heterocycles. The van der Waals surface area contributed by atoms with Gasteiger partial charge in [-0.15, -0.1) is 0 Å². The van der Waals surface area contributed by atoms with Crippen molar-refractivity contribution in [3.63, 3.8) is 0 Å². The fourth-order valence-corrected chi connectivity index (χ4v) is 1.47. The average Bonchev–Trinajstić information content (AvgIpc) is 1.98. The van der Waals surface area contributed by atoms with Crippen molar-refractivity contribution < 1.29 is 9.90 Å². The van der Waals surface area contributed by atoms with Crippen LogP contribution < -0.4 is 0 Å². The van der Waals surface area contributed by atoms with Crippen molar-refractivity contribution in [2.75, 3.05) is 13.1 Å². The minimum Gasteiger partial charge on any atom is -0.481 e. The van der Waals surface area contributed by atoms with Gasteiger partial charge in [0.2, 0.25) is 0 Å². The second kappa shape index (κ2) is 5.97. The van der Waals surface area contributed by atoms with E-state index in [1.165, 1.54) is 0 Å². The third-order valence-electron chi connectivity index (χ3n) is 2.10. The predicted molar refractivity (Wildman–Crippen MR) is 53.8 cm³/mol. The fraction of sp³-hybridized carbons (Fsp3) is 0.900. The van der Waals surface area contributed by atoms with Crippen LogP contribution in [0.4, 0.5) is 0 Å². The van der Waals surface area contributed by atoms with E-state index in [-0.39, 0.29) is 12.5 Å². The highest BCUT2D eigenvalue weighted by Crippen LogP contribution is 2.07. The first-order chi connectivity index (χ1) is 5.97. The molecular formula is C10H21NO2. The van der Waals surface area contributed by atoms with Gasteiger partial charge in [0.25, 0.3) is 0 Å². The highest BCUT2D eigenvalue weighted by atomic mass is 16.4. The summed E-state index contributed by atoms with van der Waals surface area (Å²) in [6.45, 7) is 10.2. The second-order valence-electron chi connectivity index (χ2n) is 3.93. The Morgan fingerprint density at radius 1 is 1.38 bits per heavy atom. The van der Waals surface area contributed by atoms with Crippen LogP contribution in [0.5, 0.6) is 0 Å². The minimum absolute atomic E-state index is 0.143. The summed E-state index contributed by atoms with van der Waals surface area (Å²) in [4.78, 5) is 12.7. The van der Waals surface area contributed by atoms with Crippen LogP contribution >= 0.6 is 0 Å². The molecule has 0 heterocycles. The molecule has 1 atom stereocenters. The standard InChI is InChI=1S/C10H21NO2/c1-5-11(7-8(2)3)9(4)6-10(12)13/h8-9H,5-7H2,1-4H3,(H,12,13). The second-order valence-corrected chi connectivity index (χ2v) is 3.93. The number of aliphatic carboxylic acids is 1. The van der Waals surface area contributed by atoms with Crippen LogP contribution in [0.3, 0.4) is 0 Å². The molecule has 3 heteroatoms. The Morgan fingerprint density at radius 2 is 1.92 bits per heavy atom. The molecule has 0 aromatic carbocycles. The van der Waals surface area contributed by atoms with Crippen LogP contribution in [-0.2, 0) is 4.79 Å². The lowest BCUT2D eigenvalue weighted by molar-refractivity contribution is -0.138. The van der Waals surface area contributed by atoms with E-state index in [4.69, 9.17) is 5.11 Å². The minimum atomic E-state index is -0.713. The van der Waals surface area contributed by atoms with Gasteiger partial charge in [-0.3, -0.25) is 4.79 Å². The lowest BCUT2D eigenvalue weighted by atomic mass is 10.1. The summed E-state index contributed by atoms with van der Waals surface area (Å²) in [5.74, 6) is -0.120. The zero-order chi connectivity index (χ0) is 10.4. The molecule has 78 valence electrons. The van der Waals surface area contributed by atoms with Gasteiger partial charge in [-0.2, -0.15) is 0 Å². The number of carboxylic acids is 1. The molecule has 1 N–H and O–H groups in total. The highest BCUT2D eigenvalue weighted by Gasteiger charge is 2.15. The number of rotatable bonds is 6. The Hall–Kier alpha value is -0.570. The molecule has 0 fully saturated rings. The lowest BCUT2D eigenvalue weighted by Gasteiger charge is -2.28. The molecule has 0 saturated heterocycles. The van der Waals surface area contributed by atoms with E-state index in [2.05, 4.69) is 25.7 Å². The Kier molecular flexibility index (Phi) is 5.71. The Labute approximate surface area is 80.7 Å². The molecule has 0 rings (SSSR count). The summed E-state index contributed by atoms with van der Waals surface area (Å²) in [5, 5.41) is 8.64. The molecule has 0 amide bonds.